The van der Waals surface area contributed by atoms with E-state index >= 15 is 0 Å². The van der Waals surface area contributed by atoms with Gasteiger partial charge in [0.05, 0.1) is 24.5 Å². The minimum Gasteiger partial charge on any atom is -0.384 e. The summed E-state index contributed by atoms with van der Waals surface area (Å²) in [6.07, 6.45) is 3.83. The van der Waals surface area contributed by atoms with Crippen LogP contribution in [0, 0.1) is 0 Å². The van der Waals surface area contributed by atoms with E-state index in [0.717, 1.165) is 31.0 Å². The number of ether oxygens (including phenoxy) is 1. The number of anilines is 2. The van der Waals surface area contributed by atoms with Crippen LogP contribution >= 0.6 is 11.6 Å². The first kappa shape index (κ1) is 11.4. The highest BCUT2D eigenvalue weighted by atomic mass is 35.5. The Labute approximate surface area is 99.6 Å². The molecule has 1 aliphatic heterocycles. The Bertz CT molecular complexity index is 355. The quantitative estimate of drug-likeness (QED) is 0.791. The lowest BCUT2D eigenvalue weighted by Gasteiger charge is -2.24. The average Bonchev–Trinajstić information content (AvgIpc) is 2.31. The maximum atomic E-state index is 5.77. The smallest absolute Gasteiger partial charge is 0.224 e. The van der Waals surface area contributed by atoms with Gasteiger partial charge in [0.2, 0.25) is 5.28 Å². The van der Waals surface area contributed by atoms with Crippen molar-refractivity contribution < 1.29 is 4.74 Å². The molecule has 0 spiro atoms. The van der Waals surface area contributed by atoms with E-state index in [0.29, 0.717) is 12.6 Å². The van der Waals surface area contributed by atoms with E-state index in [2.05, 4.69) is 20.6 Å². The van der Waals surface area contributed by atoms with Crippen molar-refractivity contribution in [2.45, 2.75) is 18.9 Å². The van der Waals surface area contributed by atoms with Crippen molar-refractivity contribution in [1.29, 1.82) is 0 Å². The Morgan fingerprint density at radius 1 is 1.56 bits per heavy atom. The molecule has 1 aliphatic rings. The summed E-state index contributed by atoms with van der Waals surface area (Å²) in [5, 5.41) is 6.59. The fourth-order valence-corrected chi connectivity index (χ4v) is 1.83. The number of halogens is 1. The van der Waals surface area contributed by atoms with Crippen LogP contribution in [0.1, 0.15) is 12.8 Å². The summed E-state index contributed by atoms with van der Waals surface area (Å²) >= 11 is 5.77. The van der Waals surface area contributed by atoms with Crippen LogP contribution in [0.4, 0.5) is 11.5 Å². The van der Waals surface area contributed by atoms with E-state index in [1.54, 1.807) is 6.20 Å². The molecule has 1 saturated heterocycles. The molecule has 0 aromatic carbocycles. The fraction of sp³-hybridized carbons (Fsp3) is 0.600. The number of nitrogens with one attached hydrogen (secondary N) is 2. The number of rotatable bonds is 3. The molecule has 0 amide bonds. The molecule has 1 fully saturated rings. The first-order valence-corrected chi connectivity index (χ1v) is 5.72. The topological polar surface area (TPSA) is 59.1 Å². The number of hydrogen-bond acceptors (Lipinski definition) is 5. The van der Waals surface area contributed by atoms with Crippen LogP contribution in [0.2, 0.25) is 5.28 Å². The van der Waals surface area contributed by atoms with Crippen molar-refractivity contribution in [2.24, 2.45) is 0 Å². The predicted molar refractivity (Wildman–Crippen MR) is 64.1 cm³/mol. The van der Waals surface area contributed by atoms with Crippen LogP contribution in [0.3, 0.4) is 0 Å². The summed E-state index contributed by atoms with van der Waals surface area (Å²) < 4.78 is 5.40. The number of nitrogens with zero attached hydrogens (tertiary/aromatic N) is 2. The van der Waals surface area contributed by atoms with Gasteiger partial charge in [-0.05, 0) is 24.4 Å². The molecule has 1 aromatic rings. The molecule has 6 heteroatoms. The number of aromatic nitrogens is 2. The van der Waals surface area contributed by atoms with Gasteiger partial charge >= 0.3 is 0 Å². The summed E-state index contributed by atoms with van der Waals surface area (Å²) in [4.78, 5) is 8.09. The van der Waals surface area contributed by atoms with Crippen LogP contribution in [0.25, 0.3) is 0 Å². The molecule has 88 valence electrons. The first-order chi connectivity index (χ1) is 7.79. The average molecular weight is 243 g/mol. The van der Waals surface area contributed by atoms with Gasteiger partial charge in [-0.3, -0.25) is 0 Å². The molecule has 0 radical (unpaired) electrons. The van der Waals surface area contributed by atoms with Crippen molar-refractivity contribution in [3.8, 4) is 0 Å². The van der Waals surface area contributed by atoms with Crippen LogP contribution < -0.4 is 10.6 Å². The van der Waals surface area contributed by atoms with Crippen LogP contribution in [-0.4, -0.2) is 36.3 Å². The summed E-state index contributed by atoms with van der Waals surface area (Å²) in [6, 6.07) is 0.298. The lowest BCUT2D eigenvalue weighted by atomic mass is 10.1. The third kappa shape index (κ3) is 2.74. The van der Waals surface area contributed by atoms with E-state index < -0.39 is 0 Å². The first-order valence-electron chi connectivity index (χ1n) is 5.34. The lowest BCUT2D eigenvalue weighted by Crippen LogP contribution is -2.30. The Morgan fingerprint density at radius 2 is 2.44 bits per heavy atom. The maximum Gasteiger partial charge on any atom is 0.224 e. The van der Waals surface area contributed by atoms with Gasteiger partial charge in [0.1, 0.15) is 0 Å². The summed E-state index contributed by atoms with van der Waals surface area (Å²) in [5.41, 5.74) is 0.843. The fourth-order valence-electron chi connectivity index (χ4n) is 1.70. The molecule has 1 atom stereocenters. The number of hydrogen-bond donors (Lipinski definition) is 2. The van der Waals surface area contributed by atoms with Gasteiger partial charge < -0.3 is 15.4 Å². The van der Waals surface area contributed by atoms with Crippen molar-refractivity contribution in [3.63, 3.8) is 0 Å². The molecular formula is C10H15ClN4O. The third-order valence-electron chi connectivity index (χ3n) is 2.53. The minimum absolute atomic E-state index is 0.248. The Morgan fingerprint density at radius 3 is 3.12 bits per heavy atom. The monoisotopic (exact) mass is 242 g/mol. The molecular weight excluding hydrogens is 228 g/mol. The molecule has 2 rings (SSSR count). The largest absolute Gasteiger partial charge is 0.384 e. The molecule has 16 heavy (non-hydrogen) atoms. The Balaban J connectivity index is 2.09. The molecule has 0 bridgehead atoms. The standard InChI is InChI=1S/C10H15ClN4O/c1-12-8-5-13-10(11)15-9(8)14-7-3-2-4-16-6-7/h5,7,12H,2-4,6H2,1H3,(H,13,14,15). The van der Waals surface area contributed by atoms with Crippen LogP contribution in [0.15, 0.2) is 6.20 Å². The second-order valence-electron chi connectivity index (χ2n) is 3.71. The zero-order valence-electron chi connectivity index (χ0n) is 9.16. The molecule has 2 heterocycles. The summed E-state index contributed by atoms with van der Waals surface area (Å²) in [6.45, 7) is 1.56. The maximum absolute atomic E-state index is 5.77. The molecule has 1 aromatic heterocycles. The zero-order chi connectivity index (χ0) is 11.4. The van der Waals surface area contributed by atoms with Gasteiger partial charge in [0, 0.05) is 13.7 Å². The highest BCUT2D eigenvalue weighted by molar-refractivity contribution is 6.28. The minimum atomic E-state index is 0.248. The van der Waals surface area contributed by atoms with Crippen molar-refractivity contribution >= 4 is 23.1 Å². The van der Waals surface area contributed by atoms with E-state index in [9.17, 15) is 0 Å². The van der Waals surface area contributed by atoms with Crippen molar-refractivity contribution in [1.82, 2.24) is 9.97 Å². The summed E-state index contributed by atoms with van der Waals surface area (Å²) in [5.74, 6) is 0.734. The van der Waals surface area contributed by atoms with Crippen LogP contribution in [0.5, 0.6) is 0 Å². The Kier molecular flexibility index (Phi) is 3.79. The third-order valence-corrected chi connectivity index (χ3v) is 2.71. The highest BCUT2D eigenvalue weighted by Gasteiger charge is 2.15. The Hall–Kier alpha value is -1.07. The molecule has 1 unspecified atom stereocenters. The van der Waals surface area contributed by atoms with Gasteiger partial charge in [-0.1, -0.05) is 0 Å². The van der Waals surface area contributed by atoms with Gasteiger partial charge in [0.15, 0.2) is 5.82 Å². The van der Waals surface area contributed by atoms with Gasteiger partial charge in [-0.25, -0.2) is 4.98 Å². The lowest BCUT2D eigenvalue weighted by molar-refractivity contribution is 0.0875. The van der Waals surface area contributed by atoms with E-state index in [-0.39, 0.29) is 5.28 Å². The molecule has 0 aliphatic carbocycles. The van der Waals surface area contributed by atoms with Crippen molar-refractivity contribution in [2.75, 3.05) is 30.9 Å². The molecule has 2 N–H and O–H groups in total. The predicted octanol–water partition coefficient (Wildman–Crippen LogP) is 1.76. The molecule has 5 nitrogen and oxygen atoms in total. The van der Waals surface area contributed by atoms with Crippen LogP contribution in [-0.2, 0) is 4.74 Å². The second-order valence-corrected chi connectivity index (χ2v) is 4.05. The van der Waals surface area contributed by atoms with Crippen molar-refractivity contribution in [3.05, 3.63) is 11.5 Å². The van der Waals surface area contributed by atoms with Gasteiger partial charge in [-0.2, -0.15) is 4.98 Å². The van der Waals surface area contributed by atoms with E-state index in [1.807, 2.05) is 7.05 Å². The normalized spacial score (nSPS) is 20.5. The summed E-state index contributed by atoms with van der Waals surface area (Å²) in [7, 11) is 1.83. The van der Waals surface area contributed by atoms with E-state index in [1.165, 1.54) is 0 Å². The van der Waals surface area contributed by atoms with Gasteiger partial charge in [0.25, 0.3) is 0 Å². The van der Waals surface area contributed by atoms with E-state index in [4.69, 9.17) is 16.3 Å². The molecule has 0 saturated carbocycles. The SMILES string of the molecule is CNc1cnc(Cl)nc1NC1CCCOC1. The highest BCUT2D eigenvalue weighted by Crippen LogP contribution is 2.21. The second kappa shape index (κ2) is 5.32. The van der Waals surface area contributed by atoms with Gasteiger partial charge in [-0.15, -0.1) is 0 Å². The zero-order valence-corrected chi connectivity index (χ0v) is 9.92.